The number of hydrogen-bond acceptors (Lipinski definition) is 5. The summed E-state index contributed by atoms with van der Waals surface area (Å²) in [5.41, 5.74) is 6.79. The fraction of sp³-hybridized carbons (Fsp3) is 0.0769. The van der Waals surface area contributed by atoms with Crippen molar-refractivity contribution in [2.24, 2.45) is 0 Å². The number of carbonyl (C=O) groups is 1. The highest BCUT2D eigenvalue weighted by molar-refractivity contribution is 14.1. The van der Waals surface area contributed by atoms with Gasteiger partial charge in [0.05, 0.1) is 24.0 Å². The minimum absolute atomic E-state index is 0.0724. The van der Waals surface area contributed by atoms with Crippen LogP contribution in [0, 0.1) is 14.9 Å². The Balaban J connectivity index is 2.74. The number of aromatic hydroxyl groups is 1. The topological polar surface area (TPSA) is 101 Å². The summed E-state index contributed by atoms with van der Waals surface area (Å²) in [7, 11) is 1.24. The molecule has 0 radical (unpaired) electrons. The number of rotatable bonds is 2. The summed E-state index contributed by atoms with van der Waals surface area (Å²) in [5, 5.41) is 18.5. The molecule has 1 aromatic carbocycles. The Hall–Kier alpha value is -2.21. The minimum Gasteiger partial charge on any atom is -0.508 e. The van der Waals surface area contributed by atoms with Gasteiger partial charge in [-0.1, -0.05) is 0 Å². The van der Waals surface area contributed by atoms with Crippen molar-refractivity contribution in [3.05, 3.63) is 39.2 Å². The van der Waals surface area contributed by atoms with Crippen molar-refractivity contribution in [2.75, 3.05) is 12.8 Å². The Kier molecular flexibility index (Phi) is 3.85. The summed E-state index contributed by atoms with van der Waals surface area (Å²) in [6, 6.07) is 6.59. The van der Waals surface area contributed by atoms with Crippen LogP contribution in [0.4, 0.5) is 5.69 Å². The zero-order valence-corrected chi connectivity index (χ0v) is 12.6. The molecule has 2 aromatic rings. The van der Waals surface area contributed by atoms with Crippen LogP contribution in [0.2, 0.25) is 0 Å². The molecule has 2 rings (SSSR count). The van der Waals surface area contributed by atoms with Crippen molar-refractivity contribution in [2.45, 2.75) is 0 Å². The Morgan fingerprint density at radius 2 is 2.25 bits per heavy atom. The SMILES string of the molecule is COC(=O)c1c(N)c(C#N)cn1-c1ccc(O)cc1I. The first-order valence-corrected chi connectivity index (χ1v) is 6.55. The van der Waals surface area contributed by atoms with Crippen molar-refractivity contribution in [1.29, 1.82) is 5.26 Å². The number of phenolic OH excluding ortho intramolecular Hbond substituents is 1. The summed E-state index contributed by atoms with van der Waals surface area (Å²) in [6.07, 6.45) is 1.47. The van der Waals surface area contributed by atoms with E-state index in [0.717, 1.165) is 0 Å². The Bertz CT molecular complexity index is 731. The van der Waals surface area contributed by atoms with Crippen LogP contribution >= 0.6 is 22.6 Å². The van der Waals surface area contributed by atoms with Gasteiger partial charge in [-0.25, -0.2) is 4.79 Å². The van der Waals surface area contributed by atoms with Crippen molar-refractivity contribution < 1.29 is 14.6 Å². The van der Waals surface area contributed by atoms with Gasteiger partial charge in [-0.3, -0.25) is 0 Å². The summed E-state index contributed by atoms with van der Waals surface area (Å²) in [5.74, 6) is -0.522. The van der Waals surface area contributed by atoms with Gasteiger partial charge in [-0.05, 0) is 40.8 Å². The Morgan fingerprint density at radius 3 is 2.80 bits per heavy atom. The highest BCUT2D eigenvalue weighted by Crippen LogP contribution is 2.28. The van der Waals surface area contributed by atoms with Gasteiger partial charge in [0.1, 0.15) is 11.8 Å². The van der Waals surface area contributed by atoms with Crippen molar-refractivity contribution in [1.82, 2.24) is 4.57 Å². The number of benzene rings is 1. The molecule has 0 saturated carbocycles. The van der Waals surface area contributed by atoms with E-state index < -0.39 is 5.97 Å². The molecule has 0 unspecified atom stereocenters. The van der Waals surface area contributed by atoms with E-state index in [9.17, 15) is 9.90 Å². The van der Waals surface area contributed by atoms with Crippen molar-refractivity contribution >= 4 is 34.2 Å². The van der Waals surface area contributed by atoms with Crippen LogP contribution < -0.4 is 5.73 Å². The molecule has 6 nitrogen and oxygen atoms in total. The molecule has 0 aliphatic rings. The quantitative estimate of drug-likeness (QED) is 0.611. The number of ether oxygens (including phenoxy) is 1. The maximum absolute atomic E-state index is 11.9. The smallest absolute Gasteiger partial charge is 0.357 e. The molecule has 0 amide bonds. The number of esters is 1. The van der Waals surface area contributed by atoms with Gasteiger partial charge in [-0.2, -0.15) is 5.26 Å². The maximum Gasteiger partial charge on any atom is 0.357 e. The van der Waals surface area contributed by atoms with Gasteiger partial charge >= 0.3 is 5.97 Å². The molecule has 1 heterocycles. The summed E-state index contributed by atoms with van der Waals surface area (Å²) in [4.78, 5) is 11.9. The van der Waals surface area contributed by atoms with E-state index in [2.05, 4.69) is 0 Å². The number of halogens is 1. The van der Waals surface area contributed by atoms with Crippen LogP contribution in [0.3, 0.4) is 0 Å². The lowest BCUT2D eigenvalue weighted by Gasteiger charge is -2.10. The van der Waals surface area contributed by atoms with E-state index in [1.54, 1.807) is 12.1 Å². The fourth-order valence-electron chi connectivity index (χ4n) is 1.80. The van der Waals surface area contributed by atoms with Gasteiger partial charge in [0, 0.05) is 9.77 Å². The Labute approximate surface area is 128 Å². The molecule has 1 aromatic heterocycles. The number of carbonyl (C=O) groups excluding carboxylic acids is 1. The fourth-order valence-corrected chi connectivity index (χ4v) is 2.55. The van der Waals surface area contributed by atoms with E-state index >= 15 is 0 Å². The molecule has 102 valence electrons. The number of phenols is 1. The number of aromatic nitrogens is 1. The van der Waals surface area contributed by atoms with Gasteiger partial charge < -0.3 is 20.1 Å². The van der Waals surface area contributed by atoms with Crippen molar-refractivity contribution in [3.8, 4) is 17.5 Å². The lowest BCUT2D eigenvalue weighted by Crippen LogP contribution is -2.11. The van der Waals surface area contributed by atoms with E-state index in [0.29, 0.717) is 9.26 Å². The van der Waals surface area contributed by atoms with E-state index in [1.807, 2.05) is 28.7 Å². The number of hydrogen-bond donors (Lipinski definition) is 2. The van der Waals surface area contributed by atoms with E-state index in [4.69, 9.17) is 15.7 Å². The van der Waals surface area contributed by atoms with Crippen LogP contribution in [-0.4, -0.2) is 22.8 Å². The predicted molar refractivity (Wildman–Crippen MR) is 80.6 cm³/mol. The number of nitriles is 1. The highest BCUT2D eigenvalue weighted by atomic mass is 127. The van der Waals surface area contributed by atoms with Crippen LogP contribution in [0.5, 0.6) is 5.75 Å². The Morgan fingerprint density at radius 1 is 1.55 bits per heavy atom. The maximum atomic E-state index is 11.9. The third-order valence-corrected chi connectivity index (χ3v) is 3.60. The second-order valence-corrected chi connectivity index (χ2v) is 5.08. The van der Waals surface area contributed by atoms with Gasteiger partial charge in [-0.15, -0.1) is 0 Å². The lowest BCUT2D eigenvalue weighted by molar-refractivity contribution is 0.0593. The molecule has 0 fully saturated rings. The third-order valence-electron chi connectivity index (χ3n) is 2.73. The number of nitrogens with two attached hydrogens (primary N) is 1. The molecule has 7 heteroatoms. The summed E-state index contributed by atoms with van der Waals surface area (Å²) < 4.78 is 6.89. The first kappa shape index (κ1) is 14.2. The third kappa shape index (κ3) is 2.30. The molecule has 0 atom stereocenters. The molecule has 0 spiro atoms. The molecular formula is C13H10IN3O3. The number of nitrogens with zero attached hydrogens (tertiary/aromatic N) is 2. The van der Waals surface area contributed by atoms with E-state index in [-0.39, 0.29) is 22.7 Å². The largest absolute Gasteiger partial charge is 0.508 e. The van der Waals surface area contributed by atoms with Gasteiger partial charge in [0.15, 0.2) is 5.69 Å². The van der Waals surface area contributed by atoms with E-state index in [1.165, 1.54) is 23.9 Å². The van der Waals surface area contributed by atoms with Crippen LogP contribution in [0.15, 0.2) is 24.4 Å². The molecule has 20 heavy (non-hydrogen) atoms. The van der Waals surface area contributed by atoms with Crippen molar-refractivity contribution in [3.63, 3.8) is 0 Å². The first-order valence-electron chi connectivity index (χ1n) is 5.47. The normalized spacial score (nSPS) is 10.1. The van der Waals surface area contributed by atoms with Crippen LogP contribution in [-0.2, 0) is 4.74 Å². The molecule has 3 N–H and O–H groups in total. The number of nitrogen functional groups attached to an aromatic ring is 1. The molecule has 0 aliphatic carbocycles. The molecule has 0 saturated heterocycles. The summed E-state index contributed by atoms with van der Waals surface area (Å²) in [6.45, 7) is 0. The number of anilines is 1. The highest BCUT2D eigenvalue weighted by Gasteiger charge is 2.22. The summed E-state index contributed by atoms with van der Waals surface area (Å²) >= 11 is 2.02. The number of methoxy groups -OCH3 is 1. The lowest BCUT2D eigenvalue weighted by atomic mass is 10.2. The second-order valence-electron chi connectivity index (χ2n) is 3.91. The molecule has 0 aliphatic heterocycles. The minimum atomic E-state index is -0.632. The molecule has 0 bridgehead atoms. The monoisotopic (exact) mass is 383 g/mol. The predicted octanol–water partition coefficient (Wildman–Crippen LogP) is 2.03. The standard InChI is InChI=1S/C13H10IN3O3/c1-20-13(19)12-11(16)7(5-15)6-17(12)10-3-2-8(18)4-9(10)14/h2-4,6,18H,16H2,1H3. The van der Waals surface area contributed by atoms with Gasteiger partial charge in [0.2, 0.25) is 0 Å². The first-order chi connectivity index (χ1) is 9.49. The van der Waals surface area contributed by atoms with Crippen LogP contribution in [0.25, 0.3) is 5.69 Å². The van der Waals surface area contributed by atoms with Gasteiger partial charge in [0.25, 0.3) is 0 Å². The van der Waals surface area contributed by atoms with Crippen LogP contribution in [0.1, 0.15) is 16.1 Å². The average molecular weight is 383 g/mol. The average Bonchev–Trinajstić information content (AvgIpc) is 2.74. The zero-order valence-electron chi connectivity index (χ0n) is 10.4. The zero-order chi connectivity index (χ0) is 14.9. The second kappa shape index (κ2) is 5.42. The molecular weight excluding hydrogens is 373 g/mol.